The molecule has 1 N–H and O–H groups in total. The Morgan fingerprint density at radius 2 is 2.22 bits per heavy atom. The molecule has 1 aliphatic rings. The van der Waals surface area contributed by atoms with Crippen molar-refractivity contribution >= 4 is 11.6 Å². The standard InChI is InChI=1S/C14H19ClFNO/c1-9(11-5-6-13(16)12(15)8-11)17-10(2)14-4-3-7-18-14/h5-6,8-10,14,17H,3-4,7H2,1-2H3. The number of ether oxygens (including phenoxy) is 1. The van der Waals surface area contributed by atoms with Crippen molar-refractivity contribution in [3.05, 3.63) is 34.6 Å². The maximum absolute atomic E-state index is 13.1. The molecule has 0 aliphatic carbocycles. The van der Waals surface area contributed by atoms with Crippen LogP contribution in [0.5, 0.6) is 0 Å². The first kappa shape index (κ1) is 13.8. The van der Waals surface area contributed by atoms with Crippen molar-refractivity contribution in [1.82, 2.24) is 5.32 Å². The van der Waals surface area contributed by atoms with E-state index in [0.717, 1.165) is 25.0 Å². The van der Waals surface area contributed by atoms with E-state index in [4.69, 9.17) is 16.3 Å². The highest BCUT2D eigenvalue weighted by Gasteiger charge is 2.23. The van der Waals surface area contributed by atoms with Crippen molar-refractivity contribution in [1.29, 1.82) is 0 Å². The molecular weight excluding hydrogens is 253 g/mol. The molecular formula is C14H19ClFNO. The average molecular weight is 272 g/mol. The van der Waals surface area contributed by atoms with Gasteiger partial charge in [-0.3, -0.25) is 0 Å². The second-order valence-corrected chi connectivity index (χ2v) is 5.31. The Balaban J connectivity index is 1.97. The van der Waals surface area contributed by atoms with Gasteiger partial charge < -0.3 is 10.1 Å². The van der Waals surface area contributed by atoms with Gasteiger partial charge in [-0.15, -0.1) is 0 Å². The second kappa shape index (κ2) is 6.00. The normalized spacial score (nSPS) is 23.0. The van der Waals surface area contributed by atoms with Crippen molar-refractivity contribution in [2.75, 3.05) is 6.61 Å². The SMILES string of the molecule is CC(NC(C)C1CCCO1)c1ccc(F)c(Cl)c1. The largest absolute Gasteiger partial charge is 0.377 e. The summed E-state index contributed by atoms with van der Waals surface area (Å²) >= 11 is 5.79. The quantitative estimate of drug-likeness (QED) is 0.902. The van der Waals surface area contributed by atoms with Gasteiger partial charge in [-0.2, -0.15) is 0 Å². The van der Waals surface area contributed by atoms with E-state index < -0.39 is 0 Å². The maximum Gasteiger partial charge on any atom is 0.141 e. The van der Waals surface area contributed by atoms with E-state index in [1.165, 1.54) is 6.07 Å². The van der Waals surface area contributed by atoms with E-state index in [2.05, 4.69) is 19.2 Å². The molecule has 4 heteroatoms. The zero-order chi connectivity index (χ0) is 13.1. The molecule has 0 saturated carbocycles. The van der Waals surface area contributed by atoms with Crippen LogP contribution in [0.25, 0.3) is 0 Å². The van der Waals surface area contributed by atoms with E-state index in [9.17, 15) is 4.39 Å². The molecule has 1 aromatic rings. The summed E-state index contributed by atoms with van der Waals surface area (Å²) in [5, 5.41) is 3.65. The summed E-state index contributed by atoms with van der Waals surface area (Å²) in [5.74, 6) is -0.375. The van der Waals surface area contributed by atoms with Gasteiger partial charge in [-0.05, 0) is 44.4 Å². The molecule has 0 aromatic heterocycles. The summed E-state index contributed by atoms with van der Waals surface area (Å²) in [6.45, 7) is 5.03. The lowest BCUT2D eigenvalue weighted by Gasteiger charge is -2.24. The summed E-state index contributed by atoms with van der Waals surface area (Å²) in [7, 11) is 0. The number of halogens is 2. The molecule has 100 valence electrons. The minimum atomic E-state index is -0.375. The van der Waals surface area contributed by atoms with Gasteiger partial charge in [0.2, 0.25) is 0 Å². The summed E-state index contributed by atoms with van der Waals surface area (Å²) < 4.78 is 18.7. The lowest BCUT2D eigenvalue weighted by atomic mass is 10.0. The maximum atomic E-state index is 13.1. The van der Waals surface area contributed by atoms with E-state index in [1.54, 1.807) is 12.1 Å². The van der Waals surface area contributed by atoms with Gasteiger partial charge in [-0.1, -0.05) is 17.7 Å². The van der Waals surface area contributed by atoms with Gasteiger partial charge >= 0.3 is 0 Å². The molecule has 1 fully saturated rings. The number of benzene rings is 1. The first-order valence-corrected chi connectivity index (χ1v) is 6.78. The van der Waals surface area contributed by atoms with Gasteiger partial charge in [-0.25, -0.2) is 4.39 Å². The van der Waals surface area contributed by atoms with E-state index in [1.807, 2.05) is 0 Å². The Labute approximate surface area is 112 Å². The predicted octanol–water partition coefficient (Wildman–Crippen LogP) is 3.70. The van der Waals surface area contributed by atoms with Crippen LogP contribution in [0.4, 0.5) is 4.39 Å². The van der Waals surface area contributed by atoms with Gasteiger partial charge in [0, 0.05) is 18.7 Å². The number of hydrogen-bond acceptors (Lipinski definition) is 2. The fraction of sp³-hybridized carbons (Fsp3) is 0.571. The van der Waals surface area contributed by atoms with Crippen molar-refractivity contribution in [3.8, 4) is 0 Å². The number of nitrogens with one attached hydrogen (secondary N) is 1. The van der Waals surface area contributed by atoms with Crippen LogP contribution in [0, 0.1) is 5.82 Å². The highest BCUT2D eigenvalue weighted by Crippen LogP contribution is 2.23. The zero-order valence-electron chi connectivity index (χ0n) is 10.7. The van der Waals surface area contributed by atoms with Crippen LogP contribution < -0.4 is 5.32 Å². The Morgan fingerprint density at radius 3 is 2.83 bits per heavy atom. The van der Waals surface area contributed by atoms with Crippen LogP contribution >= 0.6 is 11.6 Å². The molecule has 1 heterocycles. The molecule has 3 unspecified atom stereocenters. The van der Waals surface area contributed by atoms with Crippen molar-refractivity contribution in [2.24, 2.45) is 0 Å². The third-order valence-corrected chi connectivity index (χ3v) is 3.77. The molecule has 0 bridgehead atoms. The molecule has 0 radical (unpaired) electrons. The summed E-state index contributed by atoms with van der Waals surface area (Å²) in [5.41, 5.74) is 0.992. The average Bonchev–Trinajstić information content (AvgIpc) is 2.86. The van der Waals surface area contributed by atoms with Crippen LogP contribution in [0.15, 0.2) is 18.2 Å². The van der Waals surface area contributed by atoms with E-state index in [0.29, 0.717) is 0 Å². The molecule has 0 amide bonds. The molecule has 0 spiro atoms. The third-order valence-electron chi connectivity index (χ3n) is 3.48. The fourth-order valence-corrected chi connectivity index (χ4v) is 2.57. The highest BCUT2D eigenvalue weighted by atomic mass is 35.5. The molecule has 1 aromatic carbocycles. The van der Waals surface area contributed by atoms with Crippen LogP contribution in [0.2, 0.25) is 5.02 Å². The highest BCUT2D eigenvalue weighted by molar-refractivity contribution is 6.30. The first-order valence-electron chi connectivity index (χ1n) is 6.40. The van der Waals surface area contributed by atoms with Crippen LogP contribution in [0.3, 0.4) is 0 Å². The molecule has 1 aliphatic heterocycles. The van der Waals surface area contributed by atoms with Crippen molar-refractivity contribution in [3.63, 3.8) is 0 Å². The van der Waals surface area contributed by atoms with E-state index in [-0.39, 0.29) is 29.0 Å². The number of rotatable bonds is 4. The van der Waals surface area contributed by atoms with Crippen LogP contribution in [-0.2, 0) is 4.74 Å². The van der Waals surface area contributed by atoms with Gasteiger partial charge in [0.1, 0.15) is 5.82 Å². The minimum absolute atomic E-state index is 0.127. The molecule has 2 nitrogen and oxygen atoms in total. The van der Waals surface area contributed by atoms with E-state index >= 15 is 0 Å². The molecule has 1 saturated heterocycles. The van der Waals surface area contributed by atoms with Crippen LogP contribution in [0.1, 0.15) is 38.3 Å². The third kappa shape index (κ3) is 3.22. The zero-order valence-corrected chi connectivity index (χ0v) is 11.5. The van der Waals surface area contributed by atoms with Crippen LogP contribution in [-0.4, -0.2) is 18.8 Å². The Bertz CT molecular complexity index is 407. The first-order chi connectivity index (χ1) is 8.58. The van der Waals surface area contributed by atoms with Crippen molar-refractivity contribution < 1.29 is 9.13 Å². The minimum Gasteiger partial charge on any atom is -0.377 e. The van der Waals surface area contributed by atoms with Gasteiger partial charge in [0.15, 0.2) is 0 Å². The predicted molar refractivity (Wildman–Crippen MR) is 71.4 cm³/mol. The Morgan fingerprint density at radius 1 is 1.44 bits per heavy atom. The monoisotopic (exact) mass is 271 g/mol. The van der Waals surface area contributed by atoms with Gasteiger partial charge in [0.05, 0.1) is 11.1 Å². The smallest absolute Gasteiger partial charge is 0.141 e. The molecule has 2 rings (SSSR count). The lowest BCUT2D eigenvalue weighted by molar-refractivity contribution is 0.0804. The Hall–Kier alpha value is -0.640. The summed E-state index contributed by atoms with van der Waals surface area (Å²) in [4.78, 5) is 0. The number of hydrogen-bond donors (Lipinski definition) is 1. The summed E-state index contributed by atoms with van der Waals surface area (Å²) in [6.07, 6.45) is 2.52. The molecule has 3 atom stereocenters. The second-order valence-electron chi connectivity index (χ2n) is 4.90. The Kier molecular flexibility index (Phi) is 4.60. The topological polar surface area (TPSA) is 21.3 Å². The fourth-order valence-electron chi connectivity index (χ4n) is 2.38. The van der Waals surface area contributed by atoms with Gasteiger partial charge in [0.25, 0.3) is 0 Å². The lowest BCUT2D eigenvalue weighted by Crippen LogP contribution is -2.38. The summed E-state index contributed by atoms with van der Waals surface area (Å²) in [6, 6.07) is 5.26. The molecule has 18 heavy (non-hydrogen) atoms. The van der Waals surface area contributed by atoms with Crippen molar-refractivity contribution in [2.45, 2.75) is 44.9 Å².